The summed E-state index contributed by atoms with van der Waals surface area (Å²) in [7, 11) is 1.58. The van der Waals surface area contributed by atoms with Gasteiger partial charge in [0.2, 0.25) is 6.43 Å². The van der Waals surface area contributed by atoms with Crippen LogP contribution in [0.2, 0.25) is 0 Å². The molecular formula is C21H20F2N2O2S. The summed E-state index contributed by atoms with van der Waals surface area (Å²) >= 11 is 0.875. The number of amides is 1. The number of hydrogen-bond acceptors (Lipinski definition) is 4. The van der Waals surface area contributed by atoms with E-state index in [4.69, 9.17) is 4.74 Å². The molecule has 1 aliphatic heterocycles. The lowest BCUT2D eigenvalue weighted by molar-refractivity contribution is -0.113. The van der Waals surface area contributed by atoms with E-state index in [0.29, 0.717) is 11.4 Å². The van der Waals surface area contributed by atoms with Crippen molar-refractivity contribution >= 4 is 34.6 Å². The Labute approximate surface area is 166 Å². The molecule has 0 aromatic heterocycles. The first-order valence-corrected chi connectivity index (χ1v) is 9.64. The SMILES string of the molecule is COc1ccc(C=C2N=C(SCC(F)F)N(c3cc(C)cc(C)c3)C2=O)cc1. The highest BCUT2D eigenvalue weighted by atomic mass is 32.2. The highest BCUT2D eigenvalue weighted by molar-refractivity contribution is 8.14. The second-order valence-electron chi connectivity index (χ2n) is 6.39. The Morgan fingerprint density at radius 3 is 2.36 bits per heavy atom. The van der Waals surface area contributed by atoms with Crippen molar-refractivity contribution < 1.29 is 18.3 Å². The Kier molecular flexibility index (Phi) is 6.14. The maximum Gasteiger partial charge on any atom is 0.283 e. The van der Waals surface area contributed by atoms with Gasteiger partial charge in [0.05, 0.1) is 18.6 Å². The standard InChI is InChI=1S/C21H20F2N2O2S/c1-13-8-14(2)10-16(9-13)25-20(26)18(24-21(25)28-12-19(22)23)11-15-4-6-17(27-3)7-5-15/h4-11,19H,12H2,1-3H3. The summed E-state index contributed by atoms with van der Waals surface area (Å²) in [6, 6.07) is 12.9. The highest BCUT2D eigenvalue weighted by Gasteiger charge is 2.32. The van der Waals surface area contributed by atoms with Crippen molar-refractivity contribution in [3.63, 3.8) is 0 Å². The summed E-state index contributed by atoms with van der Waals surface area (Å²) in [6.07, 6.45) is -0.841. The summed E-state index contributed by atoms with van der Waals surface area (Å²) in [5.74, 6) is -0.0607. The van der Waals surface area contributed by atoms with Gasteiger partial charge in [0.15, 0.2) is 5.17 Å². The number of carbonyl (C=O) groups excluding carboxylic acids is 1. The lowest BCUT2D eigenvalue weighted by Gasteiger charge is -2.19. The van der Waals surface area contributed by atoms with Crippen molar-refractivity contribution in [1.29, 1.82) is 0 Å². The van der Waals surface area contributed by atoms with Crippen molar-refractivity contribution in [1.82, 2.24) is 0 Å². The van der Waals surface area contributed by atoms with E-state index in [1.165, 1.54) is 4.90 Å². The number of rotatable bonds is 5. The predicted octanol–water partition coefficient (Wildman–Crippen LogP) is 5.05. The number of hydrogen-bond donors (Lipinski definition) is 0. The normalized spacial score (nSPS) is 15.5. The number of amidine groups is 1. The van der Waals surface area contributed by atoms with E-state index in [1.54, 1.807) is 37.5 Å². The first kappa shape index (κ1) is 20.1. The van der Waals surface area contributed by atoms with E-state index in [1.807, 2.05) is 32.0 Å². The third kappa shape index (κ3) is 4.59. The third-order valence-corrected chi connectivity index (χ3v) is 5.00. The Morgan fingerprint density at radius 2 is 1.79 bits per heavy atom. The van der Waals surface area contributed by atoms with Gasteiger partial charge in [-0.1, -0.05) is 30.0 Å². The van der Waals surface area contributed by atoms with Crippen LogP contribution in [0.3, 0.4) is 0 Å². The van der Waals surface area contributed by atoms with Crippen LogP contribution in [-0.2, 0) is 4.79 Å². The summed E-state index contributed by atoms with van der Waals surface area (Å²) in [5.41, 5.74) is 3.57. The van der Waals surface area contributed by atoms with E-state index >= 15 is 0 Å². The van der Waals surface area contributed by atoms with Crippen LogP contribution in [0.5, 0.6) is 5.75 Å². The molecule has 0 atom stereocenters. The van der Waals surface area contributed by atoms with Gasteiger partial charge >= 0.3 is 0 Å². The zero-order valence-corrected chi connectivity index (χ0v) is 16.6. The third-order valence-electron chi connectivity index (χ3n) is 4.05. The number of anilines is 1. The molecule has 1 aliphatic rings. The van der Waals surface area contributed by atoms with Crippen molar-refractivity contribution in [3.8, 4) is 5.75 Å². The minimum atomic E-state index is -2.49. The maximum atomic E-state index is 13.0. The number of halogens is 2. The molecule has 7 heteroatoms. The summed E-state index contributed by atoms with van der Waals surface area (Å²) < 4.78 is 30.6. The molecule has 0 spiro atoms. The minimum absolute atomic E-state index is 0.209. The molecule has 146 valence electrons. The van der Waals surface area contributed by atoms with E-state index in [2.05, 4.69) is 4.99 Å². The number of aryl methyl sites for hydroxylation is 2. The molecule has 0 bridgehead atoms. The molecule has 28 heavy (non-hydrogen) atoms. The van der Waals surface area contributed by atoms with Gasteiger partial charge in [0.1, 0.15) is 11.4 Å². The van der Waals surface area contributed by atoms with E-state index in [-0.39, 0.29) is 16.8 Å². The summed E-state index contributed by atoms with van der Waals surface area (Å²) in [5, 5.41) is 0.259. The first-order chi connectivity index (χ1) is 13.4. The average Bonchev–Trinajstić information content (AvgIpc) is 2.95. The van der Waals surface area contributed by atoms with Gasteiger partial charge in [-0.2, -0.15) is 0 Å². The first-order valence-electron chi connectivity index (χ1n) is 8.65. The number of nitrogens with zero attached hydrogens (tertiary/aromatic N) is 2. The molecule has 0 saturated heterocycles. The van der Waals surface area contributed by atoms with Crippen LogP contribution < -0.4 is 9.64 Å². The van der Waals surface area contributed by atoms with Crippen LogP contribution >= 0.6 is 11.8 Å². The fourth-order valence-corrected chi connectivity index (χ4v) is 3.65. The number of ether oxygens (including phenoxy) is 1. The zero-order chi connectivity index (χ0) is 20.3. The van der Waals surface area contributed by atoms with E-state index in [0.717, 1.165) is 28.5 Å². The van der Waals surface area contributed by atoms with Crippen LogP contribution in [-0.4, -0.2) is 30.4 Å². The molecular weight excluding hydrogens is 382 g/mol. The summed E-state index contributed by atoms with van der Waals surface area (Å²) in [4.78, 5) is 18.8. The number of thioether (sulfide) groups is 1. The van der Waals surface area contributed by atoms with Gasteiger partial charge in [-0.05, 0) is 60.9 Å². The van der Waals surface area contributed by atoms with E-state index < -0.39 is 12.2 Å². The molecule has 0 aliphatic carbocycles. The summed E-state index contributed by atoms with van der Waals surface area (Å²) in [6.45, 7) is 3.85. The number of benzene rings is 2. The Morgan fingerprint density at radius 1 is 1.14 bits per heavy atom. The fraction of sp³-hybridized carbons (Fsp3) is 0.238. The molecule has 2 aromatic rings. The second-order valence-corrected chi connectivity index (χ2v) is 7.37. The van der Waals surface area contributed by atoms with Gasteiger partial charge in [-0.25, -0.2) is 13.8 Å². The molecule has 0 unspecified atom stereocenters. The van der Waals surface area contributed by atoms with Gasteiger partial charge < -0.3 is 4.74 Å². The van der Waals surface area contributed by atoms with Gasteiger partial charge in [0, 0.05) is 0 Å². The second kappa shape index (κ2) is 8.56. The molecule has 0 fully saturated rings. The monoisotopic (exact) mass is 402 g/mol. The predicted molar refractivity (Wildman–Crippen MR) is 110 cm³/mol. The van der Waals surface area contributed by atoms with Crippen LogP contribution in [0.1, 0.15) is 16.7 Å². The Hall–Kier alpha value is -2.67. The molecule has 4 nitrogen and oxygen atoms in total. The minimum Gasteiger partial charge on any atom is -0.497 e. The lowest BCUT2D eigenvalue weighted by atomic mass is 10.1. The van der Waals surface area contributed by atoms with Crippen molar-refractivity contribution in [2.45, 2.75) is 20.3 Å². The number of methoxy groups -OCH3 is 1. The van der Waals surface area contributed by atoms with Gasteiger partial charge in [-0.3, -0.25) is 9.69 Å². The average molecular weight is 402 g/mol. The Bertz CT molecular complexity index is 920. The van der Waals surface area contributed by atoms with Gasteiger partial charge in [0.25, 0.3) is 5.91 Å². The van der Waals surface area contributed by atoms with Crippen molar-refractivity contribution in [2.75, 3.05) is 17.8 Å². The van der Waals surface area contributed by atoms with Crippen molar-refractivity contribution in [3.05, 3.63) is 64.9 Å². The molecule has 3 rings (SSSR count). The van der Waals surface area contributed by atoms with Crippen LogP contribution in [0.25, 0.3) is 6.08 Å². The topological polar surface area (TPSA) is 41.9 Å². The molecule has 1 heterocycles. The highest BCUT2D eigenvalue weighted by Crippen LogP contribution is 2.31. The molecule has 0 saturated carbocycles. The Balaban J connectivity index is 1.98. The van der Waals surface area contributed by atoms with Gasteiger partial charge in [-0.15, -0.1) is 0 Å². The molecule has 0 radical (unpaired) electrons. The smallest absolute Gasteiger partial charge is 0.283 e. The van der Waals surface area contributed by atoms with Crippen LogP contribution in [0, 0.1) is 13.8 Å². The quantitative estimate of drug-likeness (QED) is 0.657. The lowest BCUT2D eigenvalue weighted by Crippen LogP contribution is -2.30. The number of carbonyl (C=O) groups is 1. The molecule has 1 amide bonds. The molecule has 0 N–H and O–H groups in total. The number of alkyl halides is 2. The largest absolute Gasteiger partial charge is 0.497 e. The van der Waals surface area contributed by atoms with E-state index in [9.17, 15) is 13.6 Å². The number of aliphatic imine (C=N–C) groups is 1. The molecule has 2 aromatic carbocycles. The zero-order valence-electron chi connectivity index (χ0n) is 15.8. The fourth-order valence-electron chi connectivity index (χ4n) is 2.90. The van der Waals surface area contributed by atoms with Crippen molar-refractivity contribution in [2.24, 2.45) is 4.99 Å². The van der Waals surface area contributed by atoms with Crippen LogP contribution in [0.15, 0.2) is 53.2 Å². The van der Waals surface area contributed by atoms with Crippen LogP contribution in [0.4, 0.5) is 14.5 Å². The maximum absolute atomic E-state index is 13.0.